The topological polar surface area (TPSA) is 45.4 Å². The van der Waals surface area contributed by atoms with Gasteiger partial charge >= 0.3 is 0 Å². The first-order chi connectivity index (χ1) is 9.56. The predicted molar refractivity (Wildman–Crippen MR) is 86.5 cm³/mol. The van der Waals surface area contributed by atoms with E-state index in [-0.39, 0.29) is 0 Å². The fraction of sp³-hybridized carbons (Fsp3) is 0.200. The molecule has 0 N–H and O–H groups in total. The second kappa shape index (κ2) is 6.21. The summed E-state index contributed by atoms with van der Waals surface area (Å²) in [6.07, 6.45) is 1.73. The number of hydrogen-bond acceptors (Lipinski definition) is 4. The quantitative estimate of drug-likeness (QED) is 0.750. The van der Waals surface area contributed by atoms with E-state index in [4.69, 9.17) is 4.74 Å². The van der Waals surface area contributed by atoms with Crippen LogP contribution in [0.5, 0.6) is 5.75 Å². The Hall–Kier alpha value is -1.64. The summed E-state index contributed by atoms with van der Waals surface area (Å²) < 4.78 is 6.26. The predicted octanol–water partition coefficient (Wildman–Crippen LogP) is 4.76. The van der Waals surface area contributed by atoms with Crippen molar-refractivity contribution < 1.29 is 4.74 Å². The van der Waals surface area contributed by atoms with Crippen LogP contribution >= 0.6 is 27.3 Å². The molecule has 0 unspecified atom stereocenters. The van der Waals surface area contributed by atoms with E-state index >= 15 is 0 Å². The lowest BCUT2D eigenvalue weighted by atomic mass is 10.2. The van der Waals surface area contributed by atoms with Gasteiger partial charge in [-0.3, -0.25) is 0 Å². The molecular formula is C15H13BrN2OS. The van der Waals surface area contributed by atoms with Gasteiger partial charge in [-0.25, -0.2) is 4.99 Å². The Labute approximate surface area is 130 Å². The Balaban J connectivity index is 2.42. The van der Waals surface area contributed by atoms with Crippen LogP contribution in [-0.4, -0.2) is 13.3 Å². The zero-order valence-corrected chi connectivity index (χ0v) is 13.8. The highest BCUT2D eigenvalue weighted by atomic mass is 79.9. The number of thiophene rings is 1. The summed E-state index contributed by atoms with van der Waals surface area (Å²) in [5.74, 6) is 0.750. The van der Waals surface area contributed by atoms with Crippen molar-refractivity contribution in [2.45, 2.75) is 13.8 Å². The summed E-state index contributed by atoms with van der Waals surface area (Å²) >= 11 is 4.96. The molecule has 0 amide bonds. The molecule has 1 heterocycles. The van der Waals surface area contributed by atoms with E-state index in [1.165, 1.54) is 11.3 Å². The van der Waals surface area contributed by atoms with Crippen molar-refractivity contribution in [1.29, 1.82) is 5.26 Å². The van der Waals surface area contributed by atoms with Gasteiger partial charge in [0, 0.05) is 21.1 Å². The third-order valence-corrected chi connectivity index (χ3v) is 4.60. The smallest absolute Gasteiger partial charge is 0.134 e. The monoisotopic (exact) mass is 348 g/mol. The number of benzene rings is 1. The average molecular weight is 349 g/mol. The van der Waals surface area contributed by atoms with Crippen molar-refractivity contribution in [2.24, 2.45) is 4.99 Å². The van der Waals surface area contributed by atoms with Crippen LogP contribution in [0.1, 0.15) is 21.6 Å². The molecule has 2 rings (SSSR count). The molecule has 102 valence electrons. The first-order valence-electron chi connectivity index (χ1n) is 5.94. The van der Waals surface area contributed by atoms with Gasteiger partial charge in [-0.2, -0.15) is 5.26 Å². The highest BCUT2D eigenvalue weighted by Gasteiger charge is 2.11. The number of methoxy groups -OCH3 is 1. The van der Waals surface area contributed by atoms with E-state index in [1.54, 1.807) is 13.3 Å². The Bertz CT molecular complexity index is 713. The molecule has 1 aromatic carbocycles. The number of hydrogen-bond donors (Lipinski definition) is 0. The van der Waals surface area contributed by atoms with Crippen LogP contribution in [0.15, 0.2) is 27.7 Å². The third kappa shape index (κ3) is 2.92. The number of aryl methyl sites for hydroxylation is 1. The molecule has 0 atom stereocenters. The van der Waals surface area contributed by atoms with Crippen molar-refractivity contribution in [2.75, 3.05) is 7.11 Å². The van der Waals surface area contributed by atoms with Crippen LogP contribution in [0.2, 0.25) is 0 Å². The SMILES string of the molecule is COc1ccc(Br)cc1/C=N\c1sc(C)c(C)c1C#N. The number of ether oxygens (including phenoxy) is 1. The Morgan fingerprint density at radius 1 is 1.40 bits per heavy atom. The maximum atomic E-state index is 9.21. The molecule has 0 aliphatic rings. The van der Waals surface area contributed by atoms with Gasteiger partial charge in [0.1, 0.15) is 16.8 Å². The first-order valence-corrected chi connectivity index (χ1v) is 7.55. The summed E-state index contributed by atoms with van der Waals surface area (Å²) in [5, 5.41) is 9.95. The molecule has 0 saturated carbocycles. The molecule has 20 heavy (non-hydrogen) atoms. The van der Waals surface area contributed by atoms with Crippen molar-refractivity contribution in [3.8, 4) is 11.8 Å². The second-order valence-electron chi connectivity index (χ2n) is 4.22. The van der Waals surface area contributed by atoms with Crippen molar-refractivity contribution in [3.63, 3.8) is 0 Å². The number of nitriles is 1. The molecule has 0 saturated heterocycles. The van der Waals surface area contributed by atoms with Gasteiger partial charge in [0.15, 0.2) is 0 Å². The van der Waals surface area contributed by atoms with E-state index < -0.39 is 0 Å². The van der Waals surface area contributed by atoms with E-state index in [9.17, 15) is 5.26 Å². The number of nitrogens with zero attached hydrogens (tertiary/aromatic N) is 2. The van der Waals surface area contributed by atoms with Gasteiger partial charge in [-0.15, -0.1) is 11.3 Å². The second-order valence-corrected chi connectivity index (χ2v) is 6.34. The van der Waals surface area contributed by atoms with Crippen molar-refractivity contribution >= 4 is 38.5 Å². The van der Waals surface area contributed by atoms with Crippen LogP contribution in [0.3, 0.4) is 0 Å². The van der Waals surface area contributed by atoms with Crippen LogP contribution in [0.25, 0.3) is 0 Å². The maximum Gasteiger partial charge on any atom is 0.134 e. The maximum absolute atomic E-state index is 9.21. The molecule has 5 heteroatoms. The standard InChI is InChI=1S/C15H13BrN2OS/c1-9-10(2)20-15(13(9)7-17)18-8-11-6-12(16)4-5-14(11)19-3/h4-6,8H,1-3H3/b18-8-. The van der Waals surface area contributed by atoms with Crippen LogP contribution in [0, 0.1) is 25.2 Å². The van der Waals surface area contributed by atoms with E-state index in [0.29, 0.717) is 5.56 Å². The summed E-state index contributed by atoms with van der Waals surface area (Å²) in [6.45, 7) is 3.95. The van der Waals surface area contributed by atoms with Gasteiger partial charge in [-0.1, -0.05) is 15.9 Å². The largest absolute Gasteiger partial charge is 0.496 e. The summed E-state index contributed by atoms with van der Waals surface area (Å²) in [6, 6.07) is 7.94. The van der Waals surface area contributed by atoms with Gasteiger partial charge in [-0.05, 0) is 37.6 Å². The molecule has 2 aromatic rings. The average Bonchev–Trinajstić information content (AvgIpc) is 2.71. The fourth-order valence-corrected chi connectivity index (χ4v) is 3.10. The minimum absolute atomic E-state index is 0.651. The number of halogens is 1. The van der Waals surface area contributed by atoms with Crippen molar-refractivity contribution in [3.05, 3.63) is 44.2 Å². The first kappa shape index (κ1) is 14.8. The lowest BCUT2D eigenvalue weighted by Crippen LogP contribution is -1.90. The number of aliphatic imine (C=N–C) groups is 1. The molecule has 0 spiro atoms. The molecule has 0 aliphatic carbocycles. The molecular weight excluding hydrogens is 336 g/mol. The summed E-state index contributed by atoms with van der Waals surface area (Å²) in [7, 11) is 1.63. The van der Waals surface area contributed by atoms with Gasteiger partial charge in [0.25, 0.3) is 0 Å². The van der Waals surface area contributed by atoms with E-state index in [2.05, 4.69) is 27.0 Å². The van der Waals surface area contributed by atoms with Crippen LogP contribution < -0.4 is 4.74 Å². The Kier molecular flexibility index (Phi) is 4.58. The highest BCUT2D eigenvalue weighted by Crippen LogP contribution is 2.34. The van der Waals surface area contributed by atoms with Crippen LogP contribution in [-0.2, 0) is 0 Å². The van der Waals surface area contributed by atoms with Gasteiger partial charge in [0.2, 0.25) is 0 Å². The Morgan fingerprint density at radius 2 is 2.15 bits per heavy atom. The molecule has 3 nitrogen and oxygen atoms in total. The molecule has 1 aromatic heterocycles. The zero-order chi connectivity index (χ0) is 14.7. The lowest BCUT2D eigenvalue weighted by molar-refractivity contribution is 0.414. The third-order valence-electron chi connectivity index (χ3n) is 2.99. The minimum atomic E-state index is 0.651. The Morgan fingerprint density at radius 3 is 2.80 bits per heavy atom. The van der Waals surface area contributed by atoms with E-state index in [1.807, 2.05) is 32.0 Å². The highest BCUT2D eigenvalue weighted by molar-refractivity contribution is 9.10. The normalized spacial score (nSPS) is 10.8. The molecule has 0 aliphatic heterocycles. The lowest BCUT2D eigenvalue weighted by Gasteiger charge is -2.04. The molecule has 0 radical (unpaired) electrons. The van der Waals surface area contributed by atoms with Crippen molar-refractivity contribution in [1.82, 2.24) is 0 Å². The summed E-state index contributed by atoms with van der Waals surface area (Å²) in [4.78, 5) is 5.57. The summed E-state index contributed by atoms with van der Waals surface area (Å²) in [5.41, 5.74) is 2.53. The molecule has 0 fully saturated rings. The minimum Gasteiger partial charge on any atom is -0.496 e. The van der Waals surface area contributed by atoms with E-state index in [0.717, 1.165) is 31.2 Å². The molecule has 0 bridgehead atoms. The van der Waals surface area contributed by atoms with Gasteiger partial charge in [0.05, 0.1) is 12.7 Å². The number of rotatable bonds is 3. The zero-order valence-electron chi connectivity index (χ0n) is 11.4. The van der Waals surface area contributed by atoms with Crippen LogP contribution in [0.4, 0.5) is 5.00 Å². The fourth-order valence-electron chi connectivity index (χ4n) is 1.77. The van der Waals surface area contributed by atoms with Gasteiger partial charge < -0.3 is 4.74 Å².